The molecule has 0 aromatic heterocycles. The maximum atomic E-state index is 14.6. The summed E-state index contributed by atoms with van der Waals surface area (Å²) in [7, 11) is 0. The standard InChI is InChI=1S/C17H18FN3O3/c18-15-7-12(21-9-13(8-19)24-17(21)23)5-6-14(15)10-1-3-11(4-2-10)16(20)22/h1-6,13,15H,7-9,19H2,(H2,20,22)/t13-,15?/m0/s1. The second-order valence-corrected chi connectivity index (χ2v) is 5.75. The van der Waals surface area contributed by atoms with E-state index in [2.05, 4.69) is 0 Å². The number of nitrogens with zero attached hydrogens (tertiary/aromatic N) is 1. The molecule has 7 heteroatoms. The van der Waals surface area contributed by atoms with Crippen LogP contribution in [0.5, 0.6) is 0 Å². The minimum absolute atomic E-state index is 0.0792. The van der Waals surface area contributed by atoms with Crippen LogP contribution in [-0.4, -0.2) is 42.3 Å². The zero-order chi connectivity index (χ0) is 17.3. The molecule has 6 nitrogen and oxygen atoms in total. The second kappa shape index (κ2) is 6.45. The summed E-state index contributed by atoms with van der Waals surface area (Å²) < 4.78 is 19.7. The van der Waals surface area contributed by atoms with Gasteiger partial charge in [-0.05, 0) is 29.3 Å². The Morgan fingerprint density at radius 1 is 1.29 bits per heavy atom. The van der Waals surface area contributed by atoms with E-state index >= 15 is 0 Å². The van der Waals surface area contributed by atoms with Crippen molar-refractivity contribution in [2.24, 2.45) is 11.5 Å². The third-order valence-electron chi connectivity index (χ3n) is 4.17. The number of allylic oxidation sites excluding steroid dienone is 4. The molecule has 2 atom stereocenters. The SMILES string of the molecule is NC[C@H]1CN(C2=CC=C(c3ccc(C(N)=O)cc3)C(F)C2)C(=O)O1. The Morgan fingerprint density at radius 2 is 2.00 bits per heavy atom. The van der Waals surface area contributed by atoms with Gasteiger partial charge >= 0.3 is 6.09 Å². The first-order valence-corrected chi connectivity index (χ1v) is 7.63. The zero-order valence-corrected chi connectivity index (χ0v) is 12.9. The molecule has 1 saturated heterocycles. The van der Waals surface area contributed by atoms with Gasteiger partial charge < -0.3 is 16.2 Å². The van der Waals surface area contributed by atoms with Gasteiger partial charge in [0.15, 0.2) is 0 Å². The molecule has 4 N–H and O–H groups in total. The molecular weight excluding hydrogens is 313 g/mol. The van der Waals surface area contributed by atoms with E-state index in [1.165, 1.54) is 4.90 Å². The van der Waals surface area contributed by atoms with E-state index in [4.69, 9.17) is 16.2 Å². The fourth-order valence-corrected chi connectivity index (χ4v) is 2.83. The van der Waals surface area contributed by atoms with Crippen molar-refractivity contribution in [3.05, 3.63) is 53.2 Å². The quantitative estimate of drug-likeness (QED) is 0.875. The lowest BCUT2D eigenvalue weighted by Crippen LogP contribution is -2.29. The van der Waals surface area contributed by atoms with Crippen molar-refractivity contribution in [1.29, 1.82) is 0 Å². The lowest BCUT2D eigenvalue weighted by atomic mass is 9.93. The van der Waals surface area contributed by atoms with Crippen LogP contribution in [-0.2, 0) is 4.74 Å². The highest BCUT2D eigenvalue weighted by molar-refractivity contribution is 5.93. The number of cyclic esters (lactones) is 1. The van der Waals surface area contributed by atoms with Crippen LogP contribution >= 0.6 is 0 Å². The van der Waals surface area contributed by atoms with Crippen LogP contribution < -0.4 is 11.5 Å². The third-order valence-corrected chi connectivity index (χ3v) is 4.17. The maximum absolute atomic E-state index is 14.6. The number of carbonyl (C=O) groups excluding carboxylic acids is 2. The van der Waals surface area contributed by atoms with E-state index in [0.29, 0.717) is 28.9 Å². The van der Waals surface area contributed by atoms with E-state index in [0.717, 1.165) is 0 Å². The molecule has 1 aliphatic carbocycles. The summed E-state index contributed by atoms with van der Waals surface area (Å²) in [6, 6.07) is 6.44. The van der Waals surface area contributed by atoms with Gasteiger partial charge in [-0.3, -0.25) is 9.69 Å². The highest BCUT2D eigenvalue weighted by Crippen LogP contribution is 2.32. The minimum atomic E-state index is -1.26. The largest absolute Gasteiger partial charge is 0.443 e. The predicted molar refractivity (Wildman–Crippen MR) is 86.6 cm³/mol. The van der Waals surface area contributed by atoms with Crippen LogP contribution in [0.25, 0.3) is 5.57 Å². The molecule has 1 aliphatic heterocycles. The van der Waals surface area contributed by atoms with Gasteiger partial charge in [0.2, 0.25) is 5.91 Å². The first-order chi connectivity index (χ1) is 11.5. The van der Waals surface area contributed by atoms with Gasteiger partial charge in [0.05, 0.1) is 6.54 Å². The fraction of sp³-hybridized carbons (Fsp3) is 0.294. The summed E-state index contributed by atoms with van der Waals surface area (Å²) in [6.45, 7) is 0.576. The molecule has 1 heterocycles. The molecule has 126 valence electrons. The molecule has 0 spiro atoms. The van der Waals surface area contributed by atoms with Crippen molar-refractivity contribution in [2.45, 2.75) is 18.7 Å². The van der Waals surface area contributed by atoms with Crippen LogP contribution in [0.15, 0.2) is 42.1 Å². The van der Waals surface area contributed by atoms with E-state index in [1.807, 2.05) is 0 Å². The molecule has 0 radical (unpaired) electrons. The van der Waals surface area contributed by atoms with Gasteiger partial charge in [0, 0.05) is 24.2 Å². The smallest absolute Gasteiger partial charge is 0.414 e. The van der Waals surface area contributed by atoms with Gasteiger partial charge in [-0.1, -0.05) is 18.2 Å². The molecule has 2 aliphatic rings. The van der Waals surface area contributed by atoms with E-state index < -0.39 is 18.2 Å². The number of carbonyl (C=O) groups is 2. The Hall–Kier alpha value is -2.67. The minimum Gasteiger partial charge on any atom is -0.443 e. The van der Waals surface area contributed by atoms with Gasteiger partial charge in [-0.25, -0.2) is 9.18 Å². The van der Waals surface area contributed by atoms with Crippen molar-refractivity contribution < 1.29 is 18.7 Å². The van der Waals surface area contributed by atoms with Crippen molar-refractivity contribution in [1.82, 2.24) is 4.90 Å². The normalized spacial score (nSPS) is 23.6. The summed E-state index contributed by atoms with van der Waals surface area (Å²) in [5.74, 6) is -0.528. The van der Waals surface area contributed by atoms with Crippen LogP contribution in [0, 0.1) is 0 Å². The number of halogens is 1. The summed E-state index contributed by atoms with van der Waals surface area (Å²) in [5.41, 5.74) is 12.8. The van der Waals surface area contributed by atoms with E-state index in [9.17, 15) is 14.0 Å². The molecule has 2 amide bonds. The Kier molecular flexibility index (Phi) is 4.35. The van der Waals surface area contributed by atoms with Crippen molar-refractivity contribution in [2.75, 3.05) is 13.1 Å². The van der Waals surface area contributed by atoms with Crippen molar-refractivity contribution in [3.63, 3.8) is 0 Å². The molecule has 1 aromatic rings. The Morgan fingerprint density at radius 3 is 2.54 bits per heavy atom. The number of rotatable bonds is 4. The first-order valence-electron chi connectivity index (χ1n) is 7.63. The fourth-order valence-electron chi connectivity index (χ4n) is 2.83. The molecule has 0 saturated carbocycles. The summed E-state index contributed by atoms with van der Waals surface area (Å²) in [4.78, 5) is 24.3. The molecule has 1 aromatic carbocycles. The van der Waals surface area contributed by atoms with Crippen molar-refractivity contribution >= 4 is 17.6 Å². The average molecular weight is 331 g/mol. The first kappa shape index (κ1) is 16.2. The Balaban J connectivity index is 1.81. The Labute approximate surface area is 138 Å². The molecule has 24 heavy (non-hydrogen) atoms. The van der Waals surface area contributed by atoms with Gasteiger partial charge in [0.1, 0.15) is 12.3 Å². The number of ether oxygens (including phenoxy) is 1. The van der Waals surface area contributed by atoms with Gasteiger partial charge in [-0.2, -0.15) is 0 Å². The lowest BCUT2D eigenvalue weighted by Gasteiger charge is -2.24. The third kappa shape index (κ3) is 3.03. The summed E-state index contributed by atoms with van der Waals surface area (Å²) in [5, 5.41) is 0. The predicted octanol–water partition coefficient (Wildman–Crippen LogP) is 1.57. The maximum Gasteiger partial charge on any atom is 0.414 e. The molecular formula is C17H18FN3O3. The highest BCUT2D eigenvalue weighted by atomic mass is 19.1. The molecule has 0 bridgehead atoms. The topological polar surface area (TPSA) is 98.6 Å². The second-order valence-electron chi connectivity index (χ2n) is 5.75. The monoisotopic (exact) mass is 331 g/mol. The number of hydrogen-bond donors (Lipinski definition) is 2. The summed E-state index contributed by atoms with van der Waals surface area (Å²) in [6.07, 6.45) is 1.33. The van der Waals surface area contributed by atoms with Crippen LogP contribution in [0.4, 0.5) is 9.18 Å². The van der Waals surface area contributed by atoms with Crippen LogP contribution in [0.3, 0.4) is 0 Å². The van der Waals surface area contributed by atoms with E-state index in [1.54, 1.807) is 36.4 Å². The number of primary amides is 1. The summed E-state index contributed by atoms with van der Waals surface area (Å²) >= 11 is 0. The average Bonchev–Trinajstić information content (AvgIpc) is 2.96. The molecule has 3 rings (SSSR count). The van der Waals surface area contributed by atoms with Crippen LogP contribution in [0.2, 0.25) is 0 Å². The van der Waals surface area contributed by atoms with Crippen molar-refractivity contribution in [3.8, 4) is 0 Å². The zero-order valence-electron chi connectivity index (χ0n) is 12.9. The number of amides is 2. The highest BCUT2D eigenvalue weighted by Gasteiger charge is 2.34. The van der Waals surface area contributed by atoms with Gasteiger partial charge in [0.25, 0.3) is 0 Å². The number of nitrogens with two attached hydrogens (primary N) is 2. The molecule has 1 fully saturated rings. The van der Waals surface area contributed by atoms with Crippen LogP contribution in [0.1, 0.15) is 22.3 Å². The number of alkyl halides is 1. The lowest BCUT2D eigenvalue weighted by molar-refractivity contribution is 0.1000. The molecule has 1 unspecified atom stereocenters. The Bertz CT molecular complexity index is 727. The van der Waals surface area contributed by atoms with E-state index in [-0.39, 0.29) is 19.1 Å². The number of hydrogen-bond acceptors (Lipinski definition) is 4. The number of benzene rings is 1. The van der Waals surface area contributed by atoms with Gasteiger partial charge in [-0.15, -0.1) is 0 Å².